The quantitative estimate of drug-likeness (QED) is 0.557. The molecule has 1 aliphatic carbocycles. The van der Waals surface area contributed by atoms with Crippen LogP contribution in [0.2, 0.25) is 0 Å². The average molecular weight is 442 g/mol. The van der Waals surface area contributed by atoms with Crippen LogP contribution in [0.4, 0.5) is 0 Å². The van der Waals surface area contributed by atoms with Crippen molar-refractivity contribution in [3.8, 4) is 17.0 Å². The Hall–Kier alpha value is -2.13. The Morgan fingerprint density at radius 2 is 1.90 bits per heavy atom. The van der Waals surface area contributed by atoms with Crippen LogP contribution in [0.1, 0.15) is 35.8 Å². The number of sulfonamides is 1. The second-order valence-corrected chi connectivity index (χ2v) is 10.8. The fourth-order valence-corrected chi connectivity index (χ4v) is 6.47. The zero-order valence-electron chi connectivity index (χ0n) is 16.7. The Morgan fingerprint density at radius 3 is 2.57 bits per heavy atom. The minimum absolute atomic E-state index is 0.397. The van der Waals surface area contributed by atoms with E-state index in [1.807, 2.05) is 24.3 Å². The lowest BCUT2D eigenvalue weighted by Gasteiger charge is -2.24. The first kappa shape index (κ1) is 19.8. The second-order valence-electron chi connectivity index (χ2n) is 7.69. The van der Waals surface area contributed by atoms with Crippen molar-refractivity contribution in [2.24, 2.45) is 0 Å². The first-order valence-corrected chi connectivity index (χ1v) is 12.5. The summed E-state index contributed by atoms with van der Waals surface area (Å²) in [6.07, 6.45) is 3.46. The number of benzene rings is 1. The van der Waals surface area contributed by atoms with Crippen LogP contribution in [-0.2, 0) is 27.5 Å². The van der Waals surface area contributed by atoms with E-state index >= 15 is 0 Å². The number of fused-ring (bicyclic) bond motifs is 1. The molecule has 156 valence electrons. The molecule has 1 aromatic carbocycles. The van der Waals surface area contributed by atoms with Gasteiger partial charge in [-0.2, -0.15) is 0 Å². The summed E-state index contributed by atoms with van der Waals surface area (Å²) in [5.74, 6) is 2.13. The van der Waals surface area contributed by atoms with E-state index in [1.165, 1.54) is 11.3 Å². The monoisotopic (exact) mass is 441 g/mol. The molecule has 1 atom stereocenters. The lowest BCUT2D eigenvalue weighted by Crippen LogP contribution is -2.37. The van der Waals surface area contributed by atoms with Crippen molar-refractivity contribution < 1.29 is 13.5 Å². The highest BCUT2D eigenvalue weighted by Gasteiger charge is 2.35. The number of thiophene rings is 1. The van der Waals surface area contributed by atoms with Crippen molar-refractivity contribution in [1.82, 2.24) is 14.3 Å². The van der Waals surface area contributed by atoms with Gasteiger partial charge in [0.05, 0.1) is 19.3 Å². The molecular weight excluding hydrogens is 418 g/mol. The number of methoxy groups -OCH3 is 1. The van der Waals surface area contributed by atoms with Gasteiger partial charge >= 0.3 is 0 Å². The third-order valence-corrected chi connectivity index (χ3v) is 8.99. The molecule has 0 saturated heterocycles. The Labute approximate surface area is 181 Å². The minimum Gasteiger partial charge on any atom is -0.592 e. The van der Waals surface area contributed by atoms with Crippen molar-refractivity contribution in [2.75, 3.05) is 20.2 Å². The number of ether oxygens (including phenoxy) is 1. The maximum Gasteiger partial charge on any atom is 0.229 e. The molecule has 1 aliphatic heterocycles. The highest BCUT2D eigenvalue weighted by Crippen LogP contribution is 2.40. The van der Waals surface area contributed by atoms with Gasteiger partial charge in [-0.3, -0.25) is 0 Å². The third-order valence-electron chi connectivity index (χ3n) is 5.71. The molecule has 30 heavy (non-hydrogen) atoms. The number of aromatic nitrogens is 2. The van der Waals surface area contributed by atoms with Crippen molar-refractivity contribution in [2.45, 2.75) is 35.8 Å². The van der Waals surface area contributed by atoms with Crippen LogP contribution in [0, 0.1) is 0 Å². The van der Waals surface area contributed by atoms with Gasteiger partial charge in [0.1, 0.15) is 11.6 Å². The van der Waals surface area contributed by atoms with E-state index in [-0.39, 0.29) is 0 Å². The molecular formula is C22H23N3O3S2. The molecule has 1 fully saturated rings. The Bertz CT molecular complexity index is 1100. The van der Waals surface area contributed by atoms with E-state index < -0.39 is 10.4 Å². The molecule has 0 spiro atoms. The van der Waals surface area contributed by atoms with Gasteiger partial charge in [0.2, 0.25) is 4.21 Å². The fourth-order valence-electron chi connectivity index (χ4n) is 3.89. The highest BCUT2D eigenvalue weighted by molar-refractivity contribution is 7.97. The summed E-state index contributed by atoms with van der Waals surface area (Å²) in [5, 5.41) is 1.80. The molecule has 8 heteroatoms. The molecule has 3 aromatic rings. The summed E-state index contributed by atoms with van der Waals surface area (Å²) in [4.78, 5) is 9.81. The SMILES string of the molecule is COc1ccc(-c2nc(C3CC3)nc3c2CCN([S+](=O)([O-])c2cccs2)CC3)cc1. The van der Waals surface area contributed by atoms with Crippen molar-refractivity contribution >= 4 is 21.7 Å². The summed E-state index contributed by atoms with van der Waals surface area (Å²) < 4.78 is 33.4. The van der Waals surface area contributed by atoms with Gasteiger partial charge in [0.25, 0.3) is 0 Å². The van der Waals surface area contributed by atoms with Crippen molar-refractivity contribution in [3.05, 3.63) is 58.9 Å². The topological polar surface area (TPSA) is 78.4 Å². The van der Waals surface area contributed by atoms with Crippen LogP contribution in [0.3, 0.4) is 0 Å². The molecule has 2 aliphatic rings. The molecule has 2 aromatic heterocycles. The predicted molar refractivity (Wildman–Crippen MR) is 116 cm³/mol. The Balaban J connectivity index is 1.52. The largest absolute Gasteiger partial charge is 0.592 e. The van der Waals surface area contributed by atoms with E-state index in [0.29, 0.717) is 36.1 Å². The van der Waals surface area contributed by atoms with Crippen LogP contribution in [0.15, 0.2) is 46.0 Å². The number of hydrogen-bond acceptors (Lipinski definition) is 6. The summed E-state index contributed by atoms with van der Waals surface area (Å²) >= 11 is 1.26. The van der Waals surface area contributed by atoms with Crippen LogP contribution >= 0.6 is 11.3 Å². The van der Waals surface area contributed by atoms with Gasteiger partial charge in [-0.1, -0.05) is 15.5 Å². The third kappa shape index (κ3) is 3.69. The number of hydrogen-bond donors (Lipinski definition) is 0. The maximum atomic E-state index is 13.0. The minimum atomic E-state index is -3.47. The maximum absolute atomic E-state index is 13.0. The summed E-state index contributed by atoms with van der Waals surface area (Å²) in [5.41, 5.74) is 4.00. The van der Waals surface area contributed by atoms with Crippen LogP contribution in [0.25, 0.3) is 11.3 Å². The summed E-state index contributed by atoms with van der Waals surface area (Å²) in [7, 11) is -1.82. The van der Waals surface area contributed by atoms with Gasteiger partial charge in [0, 0.05) is 41.8 Å². The molecule has 1 unspecified atom stereocenters. The van der Waals surface area contributed by atoms with E-state index in [2.05, 4.69) is 0 Å². The first-order chi connectivity index (χ1) is 14.6. The number of nitrogens with zero attached hydrogens (tertiary/aromatic N) is 3. The fraction of sp³-hybridized carbons (Fsp3) is 0.364. The van der Waals surface area contributed by atoms with E-state index in [0.717, 1.165) is 46.9 Å². The molecule has 0 radical (unpaired) electrons. The smallest absolute Gasteiger partial charge is 0.229 e. The molecule has 5 rings (SSSR count). The van der Waals surface area contributed by atoms with Crippen LogP contribution in [0.5, 0.6) is 5.75 Å². The Morgan fingerprint density at radius 1 is 1.13 bits per heavy atom. The highest BCUT2D eigenvalue weighted by atomic mass is 32.3. The van der Waals surface area contributed by atoms with Crippen LogP contribution < -0.4 is 4.74 Å². The summed E-state index contributed by atoms with van der Waals surface area (Å²) in [6, 6.07) is 11.4. The van der Waals surface area contributed by atoms with Crippen molar-refractivity contribution in [1.29, 1.82) is 0 Å². The lowest BCUT2D eigenvalue weighted by molar-refractivity contribution is 0.364. The predicted octanol–water partition coefficient (Wildman–Crippen LogP) is 4.10. The Kier molecular flexibility index (Phi) is 5.18. The van der Waals surface area contributed by atoms with Gasteiger partial charge in [-0.15, -0.1) is 4.31 Å². The van der Waals surface area contributed by atoms with Crippen molar-refractivity contribution in [3.63, 3.8) is 0 Å². The second kappa shape index (κ2) is 7.85. The molecule has 0 N–H and O–H groups in total. The molecule has 3 heterocycles. The molecule has 0 bridgehead atoms. The van der Waals surface area contributed by atoms with E-state index in [4.69, 9.17) is 14.7 Å². The molecule has 6 nitrogen and oxygen atoms in total. The van der Waals surface area contributed by atoms with Gasteiger partial charge in [0.15, 0.2) is 10.4 Å². The van der Waals surface area contributed by atoms with Crippen LogP contribution in [-0.4, -0.2) is 39.0 Å². The molecule has 0 amide bonds. The first-order valence-electron chi connectivity index (χ1n) is 10.1. The van der Waals surface area contributed by atoms with Gasteiger partial charge in [-0.25, -0.2) is 9.97 Å². The van der Waals surface area contributed by atoms with Gasteiger partial charge in [-0.05, 0) is 55.0 Å². The summed E-state index contributed by atoms with van der Waals surface area (Å²) in [6.45, 7) is 0.874. The normalized spacial score (nSPS) is 19.0. The van der Waals surface area contributed by atoms with E-state index in [1.54, 1.807) is 28.9 Å². The van der Waals surface area contributed by atoms with E-state index in [9.17, 15) is 8.76 Å². The molecule has 1 saturated carbocycles. The zero-order chi connectivity index (χ0) is 20.7. The van der Waals surface area contributed by atoms with Gasteiger partial charge < -0.3 is 9.29 Å². The standard InChI is InChI=1S/C22H23N3O3S2/c1-28-17-8-6-15(7-9-17)21-18-10-12-25(30(26,27)20-3-2-14-29-20)13-11-19(18)23-22(24-21)16-4-5-16/h2-3,6-9,14,16H,4-5,10-13H2,1H3. The number of rotatable bonds is 5. The zero-order valence-corrected chi connectivity index (χ0v) is 18.4. The average Bonchev–Trinajstić information content (AvgIpc) is 3.51. The lowest BCUT2D eigenvalue weighted by atomic mass is 10.0.